The zero-order valence-electron chi connectivity index (χ0n) is 31.0. The van der Waals surface area contributed by atoms with E-state index in [-0.39, 0.29) is 5.41 Å². The van der Waals surface area contributed by atoms with Gasteiger partial charge in [-0.1, -0.05) is 142 Å². The average Bonchev–Trinajstić information content (AvgIpc) is 3.66. The van der Waals surface area contributed by atoms with Crippen molar-refractivity contribution < 1.29 is 0 Å². The van der Waals surface area contributed by atoms with Crippen molar-refractivity contribution >= 4 is 34.0 Å². The van der Waals surface area contributed by atoms with Gasteiger partial charge in [0.2, 0.25) is 0 Å². The number of aromatic nitrogens is 1. The van der Waals surface area contributed by atoms with Gasteiger partial charge in [0, 0.05) is 44.8 Å². The van der Waals surface area contributed by atoms with Gasteiger partial charge < -0.3 is 9.47 Å². The maximum absolute atomic E-state index is 2.49. The lowest BCUT2D eigenvalue weighted by molar-refractivity contribution is 0.660. The normalized spacial score (nSPS) is 15.1. The van der Waals surface area contributed by atoms with Crippen molar-refractivity contribution in [1.82, 2.24) is 4.57 Å². The van der Waals surface area contributed by atoms with Gasteiger partial charge in [-0.3, -0.25) is 0 Å². The molecule has 0 amide bonds. The molecule has 7 aromatic carbocycles. The number of benzene rings is 7. The van der Waals surface area contributed by atoms with Gasteiger partial charge in [0.25, 0.3) is 0 Å². The third kappa shape index (κ3) is 5.24. The lowest BCUT2D eigenvalue weighted by Crippen LogP contribution is -2.16. The summed E-state index contributed by atoms with van der Waals surface area (Å²) in [5.74, 6) is 0.496. The lowest BCUT2D eigenvalue weighted by Gasteiger charge is -2.28. The standard InChI is InChI=1S/C52H42N2/c1-35-18-29-46-47-33-39(23-31-50(47)54(51(46)32-35)42-26-19-37(20-27-42)36-12-6-4-7-13-36)38-21-24-41(25-22-38)53(40-14-8-5-9-15-40)43-28-30-45-44-16-10-11-17-48(44)52(2,3)49(45)34-43/h4-31,33-35H,32H2,1-3H3. The van der Waals surface area contributed by atoms with Gasteiger partial charge >= 0.3 is 0 Å². The summed E-state index contributed by atoms with van der Waals surface area (Å²) < 4.78 is 2.49. The highest BCUT2D eigenvalue weighted by Gasteiger charge is 2.35. The highest BCUT2D eigenvalue weighted by atomic mass is 15.1. The number of fused-ring (bicyclic) bond motifs is 6. The van der Waals surface area contributed by atoms with Crippen molar-refractivity contribution in [1.29, 1.82) is 0 Å². The Balaban J connectivity index is 1.03. The van der Waals surface area contributed by atoms with Crippen molar-refractivity contribution in [3.8, 4) is 39.1 Å². The lowest BCUT2D eigenvalue weighted by atomic mass is 9.82. The van der Waals surface area contributed by atoms with Crippen LogP contribution in [0.25, 0.3) is 56.0 Å². The molecule has 0 saturated carbocycles. The molecular weight excluding hydrogens is 653 g/mol. The summed E-state index contributed by atoms with van der Waals surface area (Å²) in [4.78, 5) is 2.39. The summed E-state index contributed by atoms with van der Waals surface area (Å²) in [5, 5.41) is 1.30. The van der Waals surface area contributed by atoms with Crippen LogP contribution in [0, 0.1) is 5.92 Å². The molecule has 0 radical (unpaired) electrons. The predicted molar refractivity (Wildman–Crippen MR) is 228 cm³/mol. The molecule has 10 rings (SSSR count). The Bertz CT molecular complexity index is 2700. The Hall–Kier alpha value is -6.38. The number of allylic oxidation sites excluding steroid dienone is 1. The zero-order valence-corrected chi connectivity index (χ0v) is 31.0. The minimum atomic E-state index is -0.0657. The Morgan fingerprint density at radius 3 is 1.91 bits per heavy atom. The van der Waals surface area contributed by atoms with Crippen LogP contribution in [0.15, 0.2) is 176 Å². The number of hydrogen-bond acceptors (Lipinski definition) is 1. The smallest absolute Gasteiger partial charge is 0.0538 e. The third-order valence-electron chi connectivity index (χ3n) is 11.7. The average molecular weight is 695 g/mol. The van der Waals surface area contributed by atoms with Crippen LogP contribution >= 0.6 is 0 Å². The molecule has 2 heteroatoms. The molecule has 0 N–H and O–H groups in total. The van der Waals surface area contributed by atoms with Crippen LogP contribution in [0.3, 0.4) is 0 Å². The van der Waals surface area contributed by atoms with Crippen LogP contribution in [0.2, 0.25) is 0 Å². The maximum atomic E-state index is 2.49. The first-order valence-electron chi connectivity index (χ1n) is 19.2. The zero-order chi connectivity index (χ0) is 36.4. The maximum Gasteiger partial charge on any atom is 0.0538 e. The summed E-state index contributed by atoms with van der Waals surface area (Å²) >= 11 is 0. The summed E-state index contributed by atoms with van der Waals surface area (Å²) in [5.41, 5.74) is 18.9. The Morgan fingerprint density at radius 1 is 0.537 bits per heavy atom. The minimum Gasteiger partial charge on any atom is -0.313 e. The van der Waals surface area contributed by atoms with E-state index in [1.807, 2.05) is 0 Å². The molecular formula is C52H42N2. The van der Waals surface area contributed by atoms with Crippen LogP contribution in [-0.4, -0.2) is 4.57 Å². The van der Waals surface area contributed by atoms with Gasteiger partial charge in [0.1, 0.15) is 0 Å². The first-order valence-corrected chi connectivity index (χ1v) is 19.2. The van der Waals surface area contributed by atoms with E-state index < -0.39 is 0 Å². The highest BCUT2D eigenvalue weighted by molar-refractivity contribution is 5.96. The second kappa shape index (κ2) is 12.6. The van der Waals surface area contributed by atoms with Crippen LogP contribution in [0.5, 0.6) is 0 Å². The number of nitrogens with zero attached hydrogens (tertiary/aromatic N) is 2. The summed E-state index contributed by atoms with van der Waals surface area (Å²) in [6.45, 7) is 7.01. The fourth-order valence-corrected chi connectivity index (χ4v) is 8.96. The summed E-state index contributed by atoms with van der Waals surface area (Å²) in [7, 11) is 0. The number of para-hydroxylation sites is 1. The van der Waals surface area contributed by atoms with E-state index in [1.165, 1.54) is 78.0 Å². The van der Waals surface area contributed by atoms with Crippen LogP contribution in [0.4, 0.5) is 17.1 Å². The predicted octanol–water partition coefficient (Wildman–Crippen LogP) is 13.9. The Morgan fingerprint density at radius 2 is 1.13 bits per heavy atom. The molecule has 8 aromatic rings. The van der Waals surface area contributed by atoms with E-state index in [4.69, 9.17) is 0 Å². The van der Waals surface area contributed by atoms with Gasteiger partial charge in [0.15, 0.2) is 0 Å². The Kier molecular flexibility index (Phi) is 7.56. The van der Waals surface area contributed by atoms with E-state index in [9.17, 15) is 0 Å². The number of anilines is 3. The SMILES string of the molecule is CC1C=Cc2c(n(-c3ccc(-c4ccccc4)cc3)c3ccc(-c4ccc(N(c5ccccc5)c5ccc6c(c5)C(C)(C)c5ccccc5-6)cc4)cc23)C1. The minimum absolute atomic E-state index is 0.0657. The molecule has 1 atom stereocenters. The number of rotatable bonds is 6. The highest BCUT2D eigenvalue weighted by Crippen LogP contribution is 2.50. The van der Waals surface area contributed by atoms with Crippen molar-refractivity contribution in [3.63, 3.8) is 0 Å². The largest absolute Gasteiger partial charge is 0.313 e. The molecule has 260 valence electrons. The van der Waals surface area contributed by atoms with Gasteiger partial charge in [-0.2, -0.15) is 0 Å². The van der Waals surface area contributed by atoms with E-state index in [0.717, 1.165) is 17.8 Å². The molecule has 1 heterocycles. The first-order chi connectivity index (χ1) is 26.4. The second-order valence-corrected chi connectivity index (χ2v) is 15.5. The summed E-state index contributed by atoms with van der Waals surface area (Å²) in [6.07, 6.45) is 5.73. The molecule has 1 aromatic heterocycles. The van der Waals surface area contributed by atoms with E-state index in [1.54, 1.807) is 0 Å². The quantitative estimate of drug-likeness (QED) is 0.168. The van der Waals surface area contributed by atoms with Gasteiger partial charge in [0.05, 0.1) is 5.52 Å². The van der Waals surface area contributed by atoms with Crippen LogP contribution in [-0.2, 0) is 11.8 Å². The molecule has 2 nitrogen and oxygen atoms in total. The van der Waals surface area contributed by atoms with Gasteiger partial charge in [-0.15, -0.1) is 0 Å². The molecule has 2 aliphatic carbocycles. The number of hydrogen-bond donors (Lipinski definition) is 0. The van der Waals surface area contributed by atoms with Crippen LogP contribution < -0.4 is 4.90 Å². The molecule has 0 saturated heterocycles. The first kappa shape index (κ1) is 32.3. The van der Waals surface area contributed by atoms with Crippen LogP contribution in [0.1, 0.15) is 43.2 Å². The van der Waals surface area contributed by atoms with Gasteiger partial charge in [-0.05, 0) is 118 Å². The summed E-state index contributed by atoms with van der Waals surface area (Å²) in [6, 6.07) is 62.4. The molecule has 0 aliphatic heterocycles. The fourth-order valence-electron chi connectivity index (χ4n) is 8.96. The van der Waals surface area contributed by atoms with E-state index >= 15 is 0 Å². The van der Waals surface area contributed by atoms with Crippen molar-refractivity contribution in [2.45, 2.75) is 32.6 Å². The topological polar surface area (TPSA) is 8.17 Å². The molecule has 2 aliphatic rings. The molecule has 1 unspecified atom stereocenters. The monoisotopic (exact) mass is 694 g/mol. The van der Waals surface area contributed by atoms with Crippen molar-refractivity contribution in [3.05, 3.63) is 198 Å². The second-order valence-electron chi connectivity index (χ2n) is 15.5. The van der Waals surface area contributed by atoms with Gasteiger partial charge in [-0.25, -0.2) is 0 Å². The Labute approximate surface area is 318 Å². The van der Waals surface area contributed by atoms with Crippen molar-refractivity contribution in [2.24, 2.45) is 5.92 Å². The molecule has 0 spiro atoms. The third-order valence-corrected chi connectivity index (χ3v) is 11.7. The molecule has 0 bridgehead atoms. The van der Waals surface area contributed by atoms with Crippen molar-refractivity contribution in [2.75, 3.05) is 4.90 Å². The molecule has 0 fully saturated rings. The van der Waals surface area contributed by atoms with E-state index in [0.29, 0.717) is 5.92 Å². The van der Waals surface area contributed by atoms with E-state index in [2.05, 4.69) is 212 Å². The fraction of sp³-hybridized carbons (Fsp3) is 0.115. The molecule has 54 heavy (non-hydrogen) atoms.